The van der Waals surface area contributed by atoms with Gasteiger partial charge in [-0.1, -0.05) is 18.2 Å². The summed E-state index contributed by atoms with van der Waals surface area (Å²) < 4.78 is 16.0. The van der Waals surface area contributed by atoms with E-state index < -0.39 is 0 Å². The predicted octanol–water partition coefficient (Wildman–Crippen LogP) is 6.11. The molecule has 0 amide bonds. The quantitative estimate of drug-likeness (QED) is 0.376. The number of nitrogens with zero attached hydrogens (tertiary/aromatic N) is 3. The smallest absolute Gasteiger partial charge is 0.174 e. The topological polar surface area (TPSA) is 33.1 Å². The Labute approximate surface area is 198 Å². The van der Waals surface area contributed by atoms with Gasteiger partial charge < -0.3 is 14.8 Å². The van der Waals surface area contributed by atoms with Gasteiger partial charge in [0.05, 0.1) is 17.8 Å². The highest BCUT2D eigenvalue weighted by Crippen LogP contribution is 2.43. The number of nitrogens with one attached hydrogen (secondary N) is 1. The van der Waals surface area contributed by atoms with Crippen molar-refractivity contribution in [3.8, 4) is 5.69 Å². The molecule has 2 atom stereocenters. The normalized spacial score (nSPS) is 17.9. The molecule has 1 saturated heterocycles. The lowest BCUT2D eigenvalue weighted by atomic mass is 9.96. The van der Waals surface area contributed by atoms with Crippen LogP contribution in [0.25, 0.3) is 5.69 Å². The molecule has 1 aliphatic heterocycles. The zero-order valence-electron chi connectivity index (χ0n) is 18.8. The molecule has 4 aromatic rings. The maximum atomic E-state index is 13.7. The van der Waals surface area contributed by atoms with Crippen LogP contribution in [0.2, 0.25) is 0 Å². The molecule has 2 aromatic heterocycles. The van der Waals surface area contributed by atoms with Crippen LogP contribution in [0.3, 0.4) is 0 Å². The molecule has 0 radical (unpaired) electrons. The van der Waals surface area contributed by atoms with Crippen LogP contribution < -0.4 is 10.2 Å². The average Bonchev–Trinajstić information content (AvgIpc) is 3.30. The Morgan fingerprint density at radius 2 is 1.70 bits per heavy atom. The van der Waals surface area contributed by atoms with Gasteiger partial charge in [-0.15, -0.1) is 0 Å². The largest absolute Gasteiger partial charge is 0.351 e. The van der Waals surface area contributed by atoms with Gasteiger partial charge in [-0.2, -0.15) is 0 Å². The Balaban J connectivity index is 1.68. The molecule has 5 rings (SSSR count). The summed E-state index contributed by atoms with van der Waals surface area (Å²) in [6, 6.07) is 22.9. The molecule has 0 spiro atoms. The summed E-state index contributed by atoms with van der Waals surface area (Å²) in [7, 11) is 0. The molecule has 2 unspecified atom stereocenters. The number of hydrogen-bond acceptors (Lipinski definition) is 2. The number of thiocarbonyl (C=S) groups is 1. The van der Waals surface area contributed by atoms with E-state index in [4.69, 9.17) is 12.2 Å². The van der Waals surface area contributed by atoms with E-state index in [1.165, 1.54) is 17.7 Å². The van der Waals surface area contributed by atoms with Crippen molar-refractivity contribution in [2.75, 3.05) is 4.90 Å². The standard InChI is InChI=1S/C27H25FN4S/c1-17-7-6-8-22(15-17)31-18(2)16-23(19(31)3)26-25(24-9-4-5-14-29-24)30-27(33)32(26)21-12-10-20(28)11-13-21/h4-16,25-26H,1-3H3,(H,30,33). The molecular weight excluding hydrogens is 431 g/mol. The van der Waals surface area contributed by atoms with Gasteiger partial charge in [-0.05, 0) is 98.7 Å². The Morgan fingerprint density at radius 1 is 0.909 bits per heavy atom. The number of aromatic nitrogens is 2. The van der Waals surface area contributed by atoms with Crippen molar-refractivity contribution in [1.29, 1.82) is 0 Å². The highest BCUT2D eigenvalue weighted by atomic mass is 32.1. The molecule has 6 heteroatoms. The Morgan fingerprint density at radius 3 is 2.39 bits per heavy atom. The number of pyridine rings is 1. The molecule has 1 aliphatic rings. The van der Waals surface area contributed by atoms with Gasteiger partial charge in [-0.3, -0.25) is 4.98 Å². The summed E-state index contributed by atoms with van der Waals surface area (Å²) in [5.41, 5.74) is 7.54. The zero-order chi connectivity index (χ0) is 23.1. The molecule has 3 heterocycles. The van der Waals surface area contributed by atoms with E-state index in [0.717, 1.165) is 34.0 Å². The van der Waals surface area contributed by atoms with Crippen molar-refractivity contribution in [2.45, 2.75) is 32.9 Å². The van der Waals surface area contributed by atoms with Crippen molar-refractivity contribution in [2.24, 2.45) is 0 Å². The predicted molar refractivity (Wildman–Crippen MR) is 134 cm³/mol. The van der Waals surface area contributed by atoms with E-state index in [2.05, 4.69) is 70.9 Å². The van der Waals surface area contributed by atoms with Gasteiger partial charge >= 0.3 is 0 Å². The summed E-state index contributed by atoms with van der Waals surface area (Å²) in [6.07, 6.45) is 1.80. The first-order valence-electron chi connectivity index (χ1n) is 11.0. The molecule has 2 aromatic carbocycles. The van der Waals surface area contributed by atoms with Crippen molar-refractivity contribution in [1.82, 2.24) is 14.9 Å². The van der Waals surface area contributed by atoms with Gasteiger partial charge in [0.15, 0.2) is 5.11 Å². The fraction of sp³-hybridized carbons (Fsp3) is 0.185. The van der Waals surface area contributed by atoms with Gasteiger partial charge in [0.25, 0.3) is 0 Å². The van der Waals surface area contributed by atoms with Gasteiger partial charge in [0, 0.05) is 29.0 Å². The molecule has 0 aliphatic carbocycles. The third-order valence-electron chi connectivity index (χ3n) is 6.25. The number of aryl methyl sites for hydroxylation is 2. The van der Waals surface area contributed by atoms with Crippen LogP contribution in [0.5, 0.6) is 0 Å². The summed E-state index contributed by atoms with van der Waals surface area (Å²) in [5.74, 6) is -0.271. The fourth-order valence-corrected chi connectivity index (χ4v) is 5.15. The molecule has 0 saturated carbocycles. The SMILES string of the molecule is Cc1cccc(-n2c(C)cc(C3C(c4ccccn4)NC(=S)N3c3ccc(F)cc3)c2C)c1. The monoisotopic (exact) mass is 456 g/mol. The third-order valence-corrected chi connectivity index (χ3v) is 6.57. The lowest BCUT2D eigenvalue weighted by molar-refractivity contribution is 0.565. The first-order chi connectivity index (χ1) is 15.9. The van der Waals surface area contributed by atoms with E-state index in [1.807, 2.05) is 18.2 Å². The third kappa shape index (κ3) is 3.80. The van der Waals surface area contributed by atoms with Gasteiger partial charge in [0.1, 0.15) is 5.82 Å². The van der Waals surface area contributed by atoms with Crippen molar-refractivity contribution >= 4 is 23.0 Å². The number of rotatable bonds is 4. The van der Waals surface area contributed by atoms with E-state index in [9.17, 15) is 4.39 Å². The van der Waals surface area contributed by atoms with Crippen LogP contribution >= 0.6 is 12.2 Å². The second kappa shape index (κ2) is 8.45. The highest BCUT2D eigenvalue weighted by molar-refractivity contribution is 7.80. The second-order valence-electron chi connectivity index (χ2n) is 8.47. The van der Waals surface area contributed by atoms with Crippen LogP contribution in [0.1, 0.15) is 40.3 Å². The molecule has 1 fully saturated rings. The average molecular weight is 457 g/mol. The van der Waals surface area contributed by atoms with E-state index in [1.54, 1.807) is 18.3 Å². The van der Waals surface area contributed by atoms with Crippen molar-refractivity contribution in [3.05, 3.63) is 113 Å². The van der Waals surface area contributed by atoms with Crippen molar-refractivity contribution in [3.63, 3.8) is 0 Å². The lowest BCUT2D eigenvalue weighted by Gasteiger charge is -2.28. The summed E-state index contributed by atoms with van der Waals surface area (Å²) in [4.78, 5) is 6.71. The maximum Gasteiger partial charge on any atom is 0.174 e. The second-order valence-corrected chi connectivity index (χ2v) is 8.86. The summed E-state index contributed by atoms with van der Waals surface area (Å²) in [6.45, 7) is 6.37. The first-order valence-corrected chi connectivity index (χ1v) is 11.4. The molecule has 1 N–H and O–H groups in total. The summed E-state index contributed by atoms with van der Waals surface area (Å²) >= 11 is 5.79. The number of hydrogen-bond donors (Lipinski definition) is 1. The van der Waals surface area contributed by atoms with E-state index in [0.29, 0.717) is 5.11 Å². The van der Waals surface area contributed by atoms with Crippen LogP contribution in [0, 0.1) is 26.6 Å². The minimum atomic E-state index is -0.271. The molecular formula is C27H25FN4S. The number of benzene rings is 2. The van der Waals surface area contributed by atoms with E-state index in [-0.39, 0.29) is 17.9 Å². The molecule has 166 valence electrons. The molecule has 33 heavy (non-hydrogen) atoms. The lowest BCUT2D eigenvalue weighted by Crippen LogP contribution is -2.29. The van der Waals surface area contributed by atoms with Crippen molar-refractivity contribution < 1.29 is 4.39 Å². The zero-order valence-corrected chi connectivity index (χ0v) is 19.6. The molecule has 4 nitrogen and oxygen atoms in total. The van der Waals surface area contributed by atoms with Crippen LogP contribution in [-0.4, -0.2) is 14.7 Å². The minimum Gasteiger partial charge on any atom is -0.351 e. The van der Waals surface area contributed by atoms with Gasteiger partial charge in [0.2, 0.25) is 0 Å². The van der Waals surface area contributed by atoms with Crippen LogP contribution in [0.4, 0.5) is 10.1 Å². The number of anilines is 1. The number of halogens is 1. The Bertz CT molecular complexity index is 1310. The van der Waals surface area contributed by atoms with E-state index >= 15 is 0 Å². The minimum absolute atomic E-state index is 0.136. The van der Waals surface area contributed by atoms with Crippen LogP contribution in [0.15, 0.2) is 79.0 Å². The first kappa shape index (κ1) is 21.3. The van der Waals surface area contributed by atoms with Gasteiger partial charge in [-0.25, -0.2) is 4.39 Å². The Kier molecular flexibility index (Phi) is 5.46. The maximum absolute atomic E-state index is 13.7. The fourth-order valence-electron chi connectivity index (χ4n) is 4.80. The highest BCUT2D eigenvalue weighted by Gasteiger charge is 2.42. The molecule has 0 bridgehead atoms. The Hall–Kier alpha value is -3.51. The summed E-state index contributed by atoms with van der Waals surface area (Å²) in [5, 5.41) is 4.08. The van der Waals surface area contributed by atoms with Crippen LogP contribution in [-0.2, 0) is 0 Å².